The second-order valence-electron chi connectivity index (χ2n) is 9.16. The first-order chi connectivity index (χ1) is 18.4. The molecule has 1 saturated heterocycles. The summed E-state index contributed by atoms with van der Waals surface area (Å²) in [7, 11) is 0. The van der Waals surface area contributed by atoms with Crippen molar-refractivity contribution in [3.63, 3.8) is 0 Å². The highest BCUT2D eigenvalue weighted by Gasteiger charge is 2.35. The lowest BCUT2D eigenvalue weighted by Gasteiger charge is -2.29. The Morgan fingerprint density at radius 3 is 2.11 bits per heavy atom. The molecule has 1 aliphatic rings. The lowest BCUT2D eigenvalue weighted by atomic mass is 10.0. The Kier molecular flexibility index (Phi) is 8.71. The van der Waals surface area contributed by atoms with E-state index in [4.69, 9.17) is 10.5 Å². The Balaban J connectivity index is 1.30. The molecule has 3 aromatic carbocycles. The number of hydrogen-bond acceptors (Lipinski definition) is 5. The van der Waals surface area contributed by atoms with Crippen LogP contribution in [0.4, 0.5) is 0 Å². The topological polar surface area (TPSA) is 140 Å². The van der Waals surface area contributed by atoms with E-state index in [9.17, 15) is 19.2 Å². The summed E-state index contributed by atoms with van der Waals surface area (Å²) in [4.78, 5) is 49.9. The number of hydrogen-bond donors (Lipinski definition) is 4. The van der Waals surface area contributed by atoms with Crippen LogP contribution < -0.4 is 26.4 Å². The van der Waals surface area contributed by atoms with Crippen LogP contribution in [0.25, 0.3) is 0 Å². The van der Waals surface area contributed by atoms with Crippen molar-refractivity contribution in [2.24, 2.45) is 5.73 Å². The fourth-order valence-corrected chi connectivity index (χ4v) is 4.21. The minimum atomic E-state index is -1.04. The highest BCUT2D eigenvalue weighted by Crippen LogP contribution is 2.17. The van der Waals surface area contributed by atoms with Crippen LogP contribution in [0.3, 0.4) is 0 Å². The molecule has 0 unspecified atom stereocenters. The molecule has 0 saturated carbocycles. The van der Waals surface area contributed by atoms with Gasteiger partial charge in [0, 0.05) is 12.8 Å². The summed E-state index contributed by atoms with van der Waals surface area (Å²) >= 11 is 0. The molecule has 196 valence electrons. The van der Waals surface area contributed by atoms with E-state index >= 15 is 0 Å². The highest BCUT2D eigenvalue weighted by atomic mass is 16.5. The van der Waals surface area contributed by atoms with Crippen LogP contribution in [-0.2, 0) is 38.6 Å². The molecular weight excluding hydrogens is 484 g/mol. The van der Waals surface area contributed by atoms with Crippen molar-refractivity contribution < 1.29 is 23.9 Å². The third-order valence-corrected chi connectivity index (χ3v) is 6.20. The number of primary amides is 1. The predicted octanol–water partition coefficient (Wildman–Crippen LogP) is 1.39. The van der Waals surface area contributed by atoms with Crippen LogP contribution in [0, 0.1) is 0 Å². The summed E-state index contributed by atoms with van der Waals surface area (Å²) < 4.78 is 5.84. The van der Waals surface area contributed by atoms with Gasteiger partial charge in [-0.3, -0.25) is 19.2 Å². The summed E-state index contributed by atoms with van der Waals surface area (Å²) in [5.74, 6) is -1.50. The molecule has 3 aromatic rings. The number of benzene rings is 3. The van der Waals surface area contributed by atoms with Gasteiger partial charge in [0.05, 0.1) is 6.42 Å². The molecule has 38 heavy (non-hydrogen) atoms. The quantitative estimate of drug-likeness (QED) is 0.306. The van der Waals surface area contributed by atoms with Crippen molar-refractivity contribution in [2.75, 3.05) is 0 Å². The maximum Gasteiger partial charge on any atom is 0.243 e. The van der Waals surface area contributed by atoms with E-state index in [-0.39, 0.29) is 18.7 Å². The van der Waals surface area contributed by atoms with Gasteiger partial charge >= 0.3 is 0 Å². The molecule has 9 heteroatoms. The number of piperazine rings is 1. The molecule has 3 atom stereocenters. The summed E-state index contributed by atoms with van der Waals surface area (Å²) in [6.07, 6.45) is 0.167. The third-order valence-electron chi connectivity index (χ3n) is 6.20. The normalized spacial score (nSPS) is 17.6. The van der Waals surface area contributed by atoms with E-state index in [1.54, 1.807) is 24.3 Å². The maximum atomic E-state index is 12.7. The molecule has 1 fully saturated rings. The standard InChI is InChI=1S/C29H30N4O5/c30-27(35)23(16-21-12-7-13-22(14-21)38-18-20-10-5-2-6-11-20)31-26(34)17-25-29(37)32-24(28(36)33-25)15-19-8-3-1-4-9-19/h1-14,23-25H,15-18H2,(H2,30,35)(H,31,34)(H,32,37)(H,33,36)/t23-,24+,25+/m1/s1. The number of nitrogens with one attached hydrogen (secondary N) is 3. The fourth-order valence-electron chi connectivity index (χ4n) is 4.21. The first-order valence-corrected chi connectivity index (χ1v) is 12.4. The van der Waals surface area contributed by atoms with Crippen LogP contribution in [0.5, 0.6) is 5.75 Å². The average molecular weight is 515 g/mol. The zero-order valence-electron chi connectivity index (χ0n) is 20.8. The molecule has 1 heterocycles. The van der Waals surface area contributed by atoms with Crippen molar-refractivity contribution in [1.82, 2.24) is 16.0 Å². The van der Waals surface area contributed by atoms with E-state index in [1.165, 1.54) is 0 Å². The van der Waals surface area contributed by atoms with Crippen molar-refractivity contribution in [1.29, 1.82) is 0 Å². The van der Waals surface area contributed by atoms with E-state index in [2.05, 4.69) is 16.0 Å². The van der Waals surface area contributed by atoms with Crippen molar-refractivity contribution in [3.05, 3.63) is 102 Å². The molecule has 4 rings (SSSR count). The number of amides is 4. The maximum absolute atomic E-state index is 12.7. The van der Waals surface area contributed by atoms with Crippen LogP contribution in [-0.4, -0.2) is 41.8 Å². The number of ether oxygens (including phenoxy) is 1. The molecule has 0 aromatic heterocycles. The smallest absolute Gasteiger partial charge is 0.243 e. The largest absolute Gasteiger partial charge is 0.489 e. The molecule has 0 radical (unpaired) electrons. The SMILES string of the molecule is NC(=O)[C@@H](Cc1cccc(OCc2ccccc2)c1)NC(=O)C[C@@H]1NC(=O)[C@H](Cc2ccccc2)NC1=O. The monoisotopic (exact) mass is 514 g/mol. The average Bonchev–Trinajstić information content (AvgIpc) is 2.91. The minimum absolute atomic E-state index is 0.145. The van der Waals surface area contributed by atoms with Crippen molar-refractivity contribution in [3.8, 4) is 5.75 Å². The van der Waals surface area contributed by atoms with E-state index in [1.807, 2.05) is 60.7 Å². The van der Waals surface area contributed by atoms with Gasteiger partial charge in [0.2, 0.25) is 23.6 Å². The molecule has 9 nitrogen and oxygen atoms in total. The summed E-state index contributed by atoms with van der Waals surface area (Å²) in [5.41, 5.74) is 8.21. The zero-order chi connectivity index (χ0) is 26.9. The van der Waals surface area contributed by atoms with Crippen LogP contribution in [0.2, 0.25) is 0 Å². The Morgan fingerprint density at radius 2 is 1.42 bits per heavy atom. The van der Waals surface area contributed by atoms with Gasteiger partial charge in [0.1, 0.15) is 30.5 Å². The summed E-state index contributed by atoms with van der Waals surface area (Å²) in [6, 6.07) is 23.5. The van der Waals surface area contributed by atoms with Gasteiger partial charge in [-0.15, -0.1) is 0 Å². The fraction of sp³-hybridized carbons (Fsp3) is 0.241. The van der Waals surface area contributed by atoms with Gasteiger partial charge < -0.3 is 26.4 Å². The number of carbonyl (C=O) groups excluding carboxylic acids is 4. The van der Waals surface area contributed by atoms with Crippen LogP contribution in [0.15, 0.2) is 84.9 Å². The Hall–Kier alpha value is -4.66. The summed E-state index contributed by atoms with van der Waals surface area (Å²) in [6.45, 7) is 0.391. The molecule has 5 N–H and O–H groups in total. The number of nitrogens with two attached hydrogens (primary N) is 1. The first kappa shape index (κ1) is 26.4. The highest BCUT2D eigenvalue weighted by molar-refractivity contribution is 5.99. The van der Waals surface area contributed by atoms with Crippen molar-refractivity contribution in [2.45, 2.75) is 44.0 Å². The molecule has 0 aliphatic carbocycles. The van der Waals surface area contributed by atoms with Gasteiger partial charge in [-0.05, 0) is 28.8 Å². The Bertz CT molecular complexity index is 1280. The number of rotatable bonds is 11. The van der Waals surface area contributed by atoms with Gasteiger partial charge in [0.15, 0.2) is 0 Å². The predicted molar refractivity (Wildman–Crippen MR) is 141 cm³/mol. The second-order valence-corrected chi connectivity index (χ2v) is 9.16. The molecular formula is C29H30N4O5. The Labute approximate surface area is 220 Å². The van der Waals surface area contributed by atoms with E-state index < -0.39 is 35.8 Å². The van der Waals surface area contributed by atoms with Crippen molar-refractivity contribution >= 4 is 23.6 Å². The molecule has 1 aliphatic heterocycles. The van der Waals surface area contributed by atoms with Gasteiger partial charge in [-0.1, -0.05) is 72.8 Å². The second kappa shape index (κ2) is 12.5. The molecule has 0 spiro atoms. The number of carbonyl (C=O) groups is 4. The summed E-state index contributed by atoms with van der Waals surface area (Å²) in [5, 5.41) is 7.88. The third kappa shape index (κ3) is 7.42. The van der Waals surface area contributed by atoms with E-state index in [0.29, 0.717) is 18.8 Å². The zero-order valence-corrected chi connectivity index (χ0v) is 20.8. The lowest BCUT2D eigenvalue weighted by molar-refractivity contribution is -0.138. The van der Waals surface area contributed by atoms with Gasteiger partial charge in [-0.2, -0.15) is 0 Å². The molecule has 4 amide bonds. The van der Waals surface area contributed by atoms with Crippen LogP contribution in [0.1, 0.15) is 23.1 Å². The van der Waals surface area contributed by atoms with Crippen LogP contribution >= 0.6 is 0 Å². The van der Waals surface area contributed by atoms with Gasteiger partial charge in [-0.25, -0.2) is 0 Å². The van der Waals surface area contributed by atoms with Gasteiger partial charge in [0.25, 0.3) is 0 Å². The first-order valence-electron chi connectivity index (χ1n) is 12.4. The molecule has 0 bridgehead atoms. The minimum Gasteiger partial charge on any atom is -0.489 e. The Morgan fingerprint density at radius 1 is 0.816 bits per heavy atom. The lowest BCUT2D eigenvalue weighted by Crippen LogP contribution is -2.63. The van der Waals surface area contributed by atoms with E-state index in [0.717, 1.165) is 16.7 Å².